The third kappa shape index (κ3) is 4.12. The second-order valence-corrected chi connectivity index (χ2v) is 10.5. The third-order valence-corrected chi connectivity index (χ3v) is 8.62. The van der Waals surface area contributed by atoms with Crippen LogP contribution >= 0.6 is 23.5 Å². The molecule has 1 aromatic rings. The summed E-state index contributed by atoms with van der Waals surface area (Å²) in [5.41, 5.74) is 6.51. The minimum atomic E-state index is -1.15. The highest BCUT2D eigenvalue weighted by molar-refractivity contribution is 8.23. The zero-order valence-corrected chi connectivity index (χ0v) is 19.0. The molecule has 0 aliphatic carbocycles. The molecule has 170 valence electrons. The number of rotatable bonds is 6. The van der Waals surface area contributed by atoms with E-state index in [1.165, 1.54) is 28.4 Å². The molecular formula is C21H24N4O5S2. The number of thioether (sulfide) groups is 2. The zero-order valence-electron chi connectivity index (χ0n) is 17.4. The van der Waals surface area contributed by atoms with Gasteiger partial charge in [0, 0.05) is 23.9 Å². The van der Waals surface area contributed by atoms with Crippen molar-refractivity contribution >= 4 is 47.3 Å². The van der Waals surface area contributed by atoms with E-state index in [1.54, 1.807) is 31.2 Å². The number of carbonyl (C=O) groups is 3. The number of guanidine groups is 1. The van der Waals surface area contributed by atoms with Crippen LogP contribution in [0.1, 0.15) is 30.1 Å². The number of carboxylic acid groups (broad SMARTS) is 1. The van der Waals surface area contributed by atoms with E-state index in [0.717, 1.165) is 6.42 Å². The van der Waals surface area contributed by atoms with Crippen molar-refractivity contribution in [2.24, 2.45) is 16.6 Å². The summed E-state index contributed by atoms with van der Waals surface area (Å²) in [6, 6.07) is 8.67. The molecule has 32 heavy (non-hydrogen) atoms. The summed E-state index contributed by atoms with van der Waals surface area (Å²) >= 11 is 2.74. The van der Waals surface area contributed by atoms with Crippen LogP contribution in [0.15, 0.2) is 45.3 Å². The maximum absolute atomic E-state index is 12.5. The van der Waals surface area contributed by atoms with E-state index in [0.29, 0.717) is 29.3 Å². The van der Waals surface area contributed by atoms with Crippen molar-refractivity contribution in [1.29, 1.82) is 0 Å². The fourth-order valence-electron chi connectivity index (χ4n) is 4.00. The summed E-state index contributed by atoms with van der Waals surface area (Å²) in [6.45, 7) is 2.90. The number of nitrogens with two attached hydrogens (primary N) is 1. The average Bonchev–Trinajstić information content (AvgIpc) is 3.37. The maximum atomic E-state index is 12.5. The summed E-state index contributed by atoms with van der Waals surface area (Å²) in [6.07, 6.45) is 0.386. The Hall–Kier alpha value is -2.50. The molecule has 0 spiro atoms. The number of benzene rings is 1. The fraction of sp³-hybridized carbons (Fsp3) is 0.429. The lowest BCUT2D eigenvalue weighted by Crippen LogP contribution is -2.61. The van der Waals surface area contributed by atoms with Crippen molar-refractivity contribution in [3.05, 3.63) is 45.8 Å². The van der Waals surface area contributed by atoms with Crippen molar-refractivity contribution in [2.75, 3.05) is 13.1 Å². The van der Waals surface area contributed by atoms with Gasteiger partial charge in [-0.15, -0.1) is 11.8 Å². The minimum Gasteiger partial charge on any atom is -0.477 e. The number of likely N-dealkylation sites (tertiary alicyclic amines) is 1. The molecule has 0 radical (unpaired) electrons. The van der Waals surface area contributed by atoms with Crippen molar-refractivity contribution < 1.29 is 24.6 Å². The van der Waals surface area contributed by atoms with Gasteiger partial charge in [0.25, 0.3) is 5.91 Å². The van der Waals surface area contributed by atoms with Gasteiger partial charge in [-0.2, -0.15) is 4.99 Å². The van der Waals surface area contributed by atoms with E-state index < -0.39 is 23.9 Å². The van der Waals surface area contributed by atoms with Crippen LogP contribution in [0.4, 0.5) is 0 Å². The molecular weight excluding hydrogens is 452 g/mol. The van der Waals surface area contributed by atoms with Crippen LogP contribution < -0.4 is 5.73 Å². The lowest BCUT2D eigenvalue weighted by Gasteiger charge is -2.44. The lowest BCUT2D eigenvalue weighted by molar-refractivity contribution is -0.157. The number of aliphatic hydroxyl groups is 1. The minimum absolute atomic E-state index is 0.00565. The van der Waals surface area contributed by atoms with Crippen molar-refractivity contribution in [3.63, 3.8) is 0 Å². The number of carbonyl (C=O) groups excluding carboxylic acids is 2. The molecule has 0 bridgehead atoms. The SMILES string of the molecule is CC[C@H](O)[C@@H]1C(=O)N2C(C(=O)O)=C(SC3CCN(C(N)=NC(=O)c4ccccc4)C3)S[C@H]12. The monoisotopic (exact) mass is 476 g/mol. The van der Waals surface area contributed by atoms with Crippen LogP contribution in [0.25, 0.3) is 0 Å². The van der Waals surface area contributed by atoms with Gasteiger partial charge >= 0.3 is 5.97 Å². The Morgan fingerprint density at radius 3 is 2.72 bits per heavy atom. The Bertz CT molecular complexity index is 999. The Labute approximate surface area is 193 Å². The number of amides is 2. The van der Waals surface area contributed by atoms with Gasteiger partial charge in [0.05, 0.1) is 16.3 Å². The molecule has 0 saturated carbocycles. The second-order valence-electron chi connectivity index (χ2n) is 7.77. The molecule has 9 nitrogen and oxygen atoms in total. The first-order valence-electron chi connectivity index (χ1n) is 10.3. The number of carboxylic acids is 1. The summed E-state index contributed by atoms with van der Waals surface area (Å²) in [4.78, 5) is 43.7. The van der Waals surface area contributed by atoms with Crippen LogP contribution in [0.5, 0.6) is 0 Å². The van der Waals surface area contributed by atoms with Gasteiger partial charge < -0.3 is 20.8 Å². The summed E-state index contributed by atoms with van der Waals surface area (Å²) < 4.78 is 0.573. The van der Waals surface area contributed by atoms with E-state index in [1.807, 2.05) is 11.0 Å². The van der Waals surface area contributed by atoms with Crippen LogP contribution in [0, 0.1) is 5.92 Å². The standard InChI is InChI=1S/C21H24N4O5S2/c1-2-13(26)14-17(28)25-15(19(29)30)20(32-18(14)25)31-12-8-9-24(10-12)21(22)23-16(27)11-6-4-3-5-7-11/h3-7,12-14,18,26H,2,8-10H2,1H3,(H,29,30)(H2,22,23,27)/t12?,13-,14+,18+/m0/s1. The zero-order chi connectivity index (χ0) is 23.0. The first-order chi connectivity index (χ1) is 15.3. The Kier molecular flexibility index (Phi) is 6.50. The number of fused-ring (bicyclic) bond motifs is 1. The largest absolute Gasteiger partial charge is 0.477 e. The summed E-state index contributed by atoms with van der Waals surface area (Å²) in [7, 11) is 0. The highest BCUT2D eigenvalue weighted by Gasteiger charge is 2.58. The average molecular weight is 477 g/mol. The first-order valence-corrected chi connectivity index (χ1v) is 12.1. The van der Waals surface area contributed by atoms with Gasteiger partial charge in [-0.3, -0.25) is 14.5 Å². The molecule has 2 saturated heterocycles. The second kappa shape index (κ2) is 9.16. The van der Waals surface area contributed by atoms with E-state index in [4.69, 9.17) is 5.73 Å². The highest BCUT2D eigenvalue weighted by atomic mass is 32.2. The molecule has 1 unspecified atom stereocenters. The van der Waals surface area contributed by atoms with Gasteiger partial charge in [0.2, 0.25) is 5.91 Å². The molecule has 3 aliphatic rings. The number of aliphatic hydroxyl groups excluding tert-OH is 1. The van der Waals surface area contributed by atoms with Gasteiger partial charge in [-0.05, 0) is 25.0 Å². The van der Waals surface area contributed by atoms with Crippen LogP contribution in [-0.2, 0) is 9.59 Å². The summed E-state index contributed by atoms with van der Waals surface area (Å²) in [5.74, 6) is -2.34. The van der Waals surface area contributed by atoms with E-state index in [-0.39, 0.29) is 28.2 Å². The highest BCUT2D eigenvalue weighted by Crippen LogP contribution is 2.55. The molecule has 4 rings (SSSR count). The Balaban J connectivity index is 1.42. The van der Waals surface area contributed by atoms with Gasteiger partial charge in [-0.1, -0.05) is 36.9 Å². The lowest BCUT2D eigenvalue weighted by atomic mass is 9.90. The van der Waals surface area contributed by atoms with E-state index >= 15 is 0 Å². The number of β-lactam (4-membered cyclic amide) rings is 1. The van der Waals surface area contributed by atoms with Crippen molar-refractivity contribution in [1.82, 2.24) is 9.80 Å². The predicted octanol–water partition coefficient (Wildman–Crippen LogP) is 1.50. The summed E-state index contributed by atoms with van der Waals surface area (Å²) in [5, 5.41) is 19.5. The molecule has 2 fully saturated rings. The van der Waals surface area contributed by atoms with Crippen LogP contribution in [-0.4, -0.2) is 73.6 Å². The number of hydrogen-bond donors (Lipinski definition) is 3. The Morgan fingerprint density at radius 1 is 1.34 bits per heavy atom. The normalized spacial score (nSPS) is 26.2. The molecule has 3 aliphatic heterocycles. The van der Waals surface area contributed by atoms with Crippen molar-refractivity contribution in [2.45, 2.75) is 36.5 Å². The third-order valence-electron chi connectivity index (χ3n) is 5.76. The number of hydrogen-bond acceptors (Lipinski definition) is 6. The molecule has 1 aromatic carbocycles. The number of aliphatic imine (C=N–C) groups is 1. The molecule has 11 heteroatoms. The fourth-order valence-corrected chi connectivity index (χ4v) is 7.28. The van der Waals surface area contributed by atoms with E-state index in [9.17, 15) is 24.6 Å². The van der Waals surface area contributed by atoms with Crippen molar-refractivity contribution in [3.8, 4) is 0 Å². The smallest absolute Gasteiger partial charge is 0.354 e. The quantitative estimate of drug-likeness (QED) is 0.317. The first kappa shape index (κ1) is 22.7. The molecule has 2 amide bonds. The predicted molar refractivity (Wildman–Crippen MR) is 123 cm³/mol. The maximum Gasteiger partial charge on any atom is 0.354 e. The number of aliphatic carboxylic acids is 1. The molecule has 4 atom stereocenters. The van der Waals surface area contributed by atoms with Crippen LogP contribution in [0.3, 0.4) is 0 Å². The van der Waals surface area contributed by atoms with Gasteiger partial charge in [0.15, 0.2) is 11.7 Å². The number of nitrogens with zero attached hydrogens (tertiary/aromatic N) is 3. The molecule has 3 heterocycles. The Morgan fingerprint density at radius 2 is 2.06 bits per heavy atom. The molecule has 4 N–H and O–H groups in total. The van der Waals surface area contributed by atoms with Crippen LogP contribution in [0.2, 0.25) is 0 Å². The topological polar surface area (TPSA) is 137 Å². The molecule has 0 aromatic heterocycles. The van der Waals surface area contributed by atoms with E-state index in [2.05, 4.69) is 4.99 Å². The van der Waals surface area contributed by atoms with Gasteiger partial charge in [-0.25, -0.2) is 4.79 Å². The van der Waals surface area contributed by atoms with Gasteiger partial charge in [0.1, 0.15) is 5.37 Å².